The van der Waals surface area contributed by atoms with Crippen molar-refractivity contribution >= 4 is 5.97 Å². The van der Waals surface area contributed by atoms with Crippen LogP contribution in [0.1, 0.15) is 29.5 Å². The maximum Gasteiger partial charge on any atom is 0.372 e. The Bertz CT molecular complexity index is 345. The Morgan fingerprint density at radius 1 is 1.79 bits per heavy atom. The molecule has 2 N–H and O–H groups in total. The Balaban J connectivity index is 1.95. The van der Waals surface area contributed by atoms with E-state index >= 15 is 0 Å². The SMILES string of the molecule is CC1CC1NCc1ccoc1C(=O)O. The highest BCUT2D eigenvalue weighted by atomic mass is 16.4. The topological polar surface area (TPSA) is 62.5 Å². The fraction of sp³-hybridized carbons (Fsp3) is 0.500. The van der Waals surface area contributed by atoms with Crippen molar-refractivity contribution in [3.63, 3.8) is 0 Å². The molecule has 0 aliphatic heterocycles. The van der Waals surface area contributed by atoms with Crippen LogP contribution < -0.4 is 5.32 Å². The number of rotatable bonds is 4. The third-order valence-corrected chi connectivity index (χ3v) is 2.61. The minimum atomic E-state index is -1.00. The summed E-state index contributed by atoms with van der Waals surface area (Å²) in [7, 11) is 0. The lowest BCUT2D eigenvalue weighted by molar-refractivity contribution is 0.0660. The second-order valence-corrected chi connectivity index (χ2v) is 3.78. The maximum absolute atomic E-state index is 10.7. The summed E-state index contributed by atoms with van der Waals surface area (Å²) >= 11 is 0. The molecule has 1 aromatic heterocycles. The molecule has 4 heteroatoms. The highest BCUT2D eigenvalue weighted by molar-refractivity contribution is 5.86. The number of furan rings is 1. The van der Waals surface area contributed by atoms with Crippen LogP contribution in [0, 0.1) is 5.92 Å². The molecule has 76 valence electrons. The molecule has 0 bridgehead atoms. The van der Waals surface area contributed by atoms with E-state index in [1.807, 2.05) is 0 Å². The number of hydrogen-bond acceptors (Lipinski definition) is 3. The van der Waals surface area contributed by atoms with Crippen LogP contribution in [0.5, 0.6) is 0 Å². The molecule has 1 heterocycles. The zero-order chi connectivity index (χ0) is 10.1. The van der Waals surface area contributed by atoms with Crippen LogP contribution in [0.15, 0.2) is 16.7 Å². The smallest absolute Gasteiger partial charge is 0.372 e. The molecule has 1 fully saturated rings. The van der Waals surface area contributed by atoms with Gasteiger partial charge in [0.1, 0.15) is 0 Å². The minimum absolute atomic E-state index is 0.0470. The minimum Gasteiger partial charge on any atom is -0.475 e. The van der Waals surface area contributed by atoms with Gasteiger partial charge in [0.25, 0.3) is 0 Å². The summed E-state index contributed by atoms with van der Waals surface area (Å²) in [4.78, 5) is 10.7. The highest BCUT2D eigenvalue weighted by Crippen LogP contribution is 2.29. The molecule has 0 radical (unpaired) electrons. The van der Waals surface area contributed by atoms with Crippen LogP contribution >= 0.6 is 0 Å². The zero-order valence-electron chi connectivity index (χ0n) is 7.99. The van der Waals surface area contributed by atoms with Gasteiger partial charge in [0.2, 0.25) is 5.76 Å². The molecule has 1 aliphatic carbocycles. The van der Waals surface area contributed by atoms with E-state index in [2.05, 4.69) is 12.2 Å². The van der Waals surface area contributed by atoms with Crippen molar-refractivity contribution in [2.75, 3.05) is 0 Å². The fourth-order valence-corrected chi connectivity index (χ4v) is 1.51. The Kier molecular flexibility index (Phi) is 2.29. The molecule has 0 aromatic carbocycles. The number of nitrogens with one attached hydrogen (secondary N) is 1. The van der Waals surface area contributed by atoms with Gasteiger partial charge in [0.05, 0.1) is 6.26 Å². The first kappa shape index (κ1) is 9.27. The summed E-state index contributed by atoms with van der Waals surface area (Å²) < 4.78 is 4.87. The monoisotopic (exact) mass is 195 g/mol. The number of carboxylic acid groups (broad SMARTS) is 1. The molecular formula is C10H13NO3. The van der Waals surface area contributed by atoms with E-state index < -0.39 is 5.97 Å². The van der Waals surface area contributed by atoms with Crippen molar-refractivity contribution in [1.82, 2.24) is 5.32 Å². The standard InChI is InChI=1S/C10H13NO3/c1-6-4-8(6)11-5-7-2-3-14-9(7)10(12)13/h2-3,6,8,11H,4-5H2,1H3,(H,12,13). The Hall–Kier alpha value is -1.29. The molecule has 4 nitrogen and oxygen atoms in total. The van der Waals surface area contributed by atoms with E-state index in [1.54, 1.807) is 6.07 Å². The molecule has 2 rings (SSSR count). The van der Waals surface area contributed by atoms with Crippen LogP contribution in [0.4, 0.5) is 0 Å². The van der Waals surface area contributed by atoms with Crippen molar-refractivity contribution in [2.45, 2.75) is 25.9 Å². The molecule has 14 heavy (non-hydrogen) atoms. The van der Waals surface area contributed by atoms with Crippen LogP contribution in [0.2, 0.25) is 0 Å². The predicted molar refractivity (Wildman–Crippen MR) is 50.1 cm³/mol. The van der Waals surface area contributed by atoms with E-state index in [-0.39, 0.29) is 5.76 Å². The summed E-state index contributed by atoms with van der Waals surface area (Å²) in [6.45, 7) is 2.75. The number of carbonyl (C=O) groups is 1. The number of aromatic carboxylic acids is 1. The van der Waals surface area contributed by atoms with Crippen LogP contribution in [-0.2, 0) is 6.54 Å². The predicted octanol–water partition coefficient (Wildman–Crippen LogP) is 1.48. The summed E-state index contributed by atoms with van der Waals surface area (Å²) in [6.07, 6.45) is 2.59. The van der Waals surface area contributed by atoms with Gasteiger partial charge < -0.3 is 14.8 Å². The first-order valence-corrected chi connectivity index (χ1v) is 4.71. The summed E-state index contributed by atoms with van der Waals surface area (Å²) in [5.74, 6) is -0.239. The molecular weight excluding hydrogens is 182 g/mol. The molecule has 0 saturated heterocycles. The molecule has 0 spiro atoms. The van der Waals surface area contributed by atoms with Crippen molar-refractivity contribution in [3.8, 4) is 0 Å². The van der Waals surface area contributed by atoms with E-state index in [4.69, 9.17) is 9.52 Å². The lowest BCUT2D eigenvalue weighted by atomic mass is 10.2. The average molecular weight is 195 g/mol. The lowest BCUT2D eigenvalue weighted by Crippen LogP contribution is -2.18. The van der Waals surface area contributed by atoms with Crippen molar-refractivity contribution in [2.24, 2.45) is 5.92 Å². The Morgan fingerprint density at radius 3 is 3.07 bits per heavy atom. The third kappa shape index (κ3) is 1.80. The first-order valence-electron chi connectivity index (χ1n) is 4.71. The van der Waals surface area contributed by atoms with Gasteiger partial charge in [-0.15, -0.1) is 0 Å². The van der Waals surface area contributed by atoms with Gasteiger partial charge in [0, 0.05) is 18.2 Å². The van der Waals surface area contributed by atoms with Crippen molar-refractivity contribution in [1.29, 1.82) is 0 Å². The molecule has 1 aliphatic rings. The molecule has 2 atom stereocenters. The summed E-state index contributed by atoms with van der Waals surface area (Å²) in [6, 6.07) is 2.25. The van der Waals surface area contributed by atoms with E-state index in [9.17, 15) is 4.79 Å². The Morgan fingerprint density at radius 2 is 2.50 bits per heavy atom. The lowest BCUT2D eigenvalue weighted by Gasteiger charge is -2.01. The van der Waals surface area contributed by atoms with Gasteiger partial charge in [-0.1, -0.05) is 6.92 Å². The van der Waals surface area contributed by atoms with Crippen LogP contribution in [0.25, 0.3) is 0 Å². The molecule has 2 unspecified atom stereocenters. The quantitative estimate of drug-likeness (QED) is 0.763. The number of carboxylic acids is 1. The molecule has 0 amide bonds. The van der Waals surface area contributed by atoms with Crippen LogP contribution in [-0.4, -0.2) is 17.1 Å². The molecule has 1 aromatic rings. The van der Waals surface area contributed by atoms with Gasteiger partial charge >= 0.3 is 5.97 Å². The third-order valence-electron chi connectivity index (χ3n) is 2.61. The van der Waals surface area contributed by atoms with Gasteiger partial charge in [0.15, 0.2) is 0 Å². The normalized spacial score (nSPS) is 24.9. The zero-order valence-corrected chi connectivity index (χ0v) is 7.99. The largest absolute Gasteiger partial charge is 0.475 e. The summed E-state index contributed by atoms with van der Waals surface area (Å²) in [5.41, 5.74) is 0.719. The Labute approximate surface area is 81.9 Å². The van der Waals surface area contributed by atoms with Gasteiger partial charge in [-0.3, -0.25) is 0 Å². The first-order chi connectivity index (χ1) is 6.68. The summed E-state index contributed by atoms with van der Waals surface area (Å²) in [5, 5.41) is 12.0. The number of hydrogen-bond donors (Lipinski definition) is 2. The fourth-order valence-electron chi connectivity index (χ4n) is 1.51. The van der Waals surface area contributed by atoms with Gasteiger partial charge in [-0.25, -0.2) is 4.79 Å². The van der Waals surface area contributed by atoms with Crippen molar-refractivity contribution in [3.05, 3.63) is 23.7 Å². The second kappa shape index (κ2) is 3.46. The maximum atomic E-state index is 10.7. The van der Waals surface area contributed by atoms with E-state index in [0.717, 1.165) is 11.5 Å². The van der Waals surface area contributed by atoms with E-state index in [0.29, 0.717) is 12.6 Å². The average Bonchev–Trinajstić information content (AvgIpc) is 2.67. The highest BCUT2D eigenvalue weighted by Gasteiger charge is 2.32. The van der Waals surface area contributed by atoms with Gasteiger partial charge in [-0.05, 0) is 18.4 Å². The van der Waals surface area contributed by atoms with E-state index in [1.165, 1.54) is 12.7 Å². The molecule has 1 saturated carbocycles. The van der Waals surface area contributed by atoms with Crippen LogP contribution in [0.3, 0.4) is 0 Å². The second-order valence-electron chi connectivity index (χ2n) is 3.78. The van der Waals surface area contributed by atoms with Crippen molar-refractivity contribution < 1.29 is 14.3 Å². The van der Waals surface area contributed by atoms with Gasteiger partial charge in [-0.2, -0.15) is 0 Å².